The SMILES string of the molecule is CC1(C)c2cc(Br)c(-c3ccccc3-n3c4ccccc4c4ccccc43)cc2C(C)(C)C1(C)C. The highest BCUT2D eigenvalue weighted by Gasteiger charge is 2.56. The molecule has 0 saturated heterocycles. The van der Waals surface area contributed by atoms with E-state index in [4.69, 9.17) is 0 Å². The summed E-state index contributed by atoms with van der Waals surface area (Å²) < 4.78 is 3.59. The summed E-state index contributed by atoms with van der Waals surface area (Å²) in [6.07, 6.45) is 0. The van der Waals surface area contributed by atoms with E-state index in [1.54, 1.807) is 0 Å². The van der Waals surface area contributed by atoms with Crippen molar-refractivity contribution in [2.24, 2.45) is 5.41 Å². The lowest BCUT2D eigenvalue weighted by atomic mass is 9.59. The molecule has 0 radical (unpaired) electrons. The molecule has 4 aromatic carbocycles. The molecule has 5 aromatic rings. The van der Waals surface area contributed by atoms with Crippen molar-refractivity contribution in [3.8, 4) is 16.8 Å². The quantitative estimate of drug-likeness (QED) is 0.217. The van der Waals surface area contributed by atoms with Crippen molar-refractivity contribution < 1.29 is 0 Å². The zero-order chi connectivity index (χ0) is 24.8. The first kappa shape index (κ1) is 22.6. The van der Waals surface area contributed by atoms with Crippen molar-refractivity contribution in [1.82, 2.24) is 4.57 Å². The van der Waals surface area contributed by atoms with Gasteiger partial charge in [0.2, 0.25) is 0 Å². The standard InChI is InChI=1S/C33H32BrN/c1-31(2)25-19-24(27(34)20-26(25)32(3,4)33(31,5)6)23-15-9-12-18-30(23)35-28-16-10-7-13-21(28)22-14-8-11-17-29(22)35/h7-20H,1-6H3. The lowest BCUT2D eigenvalue weighted by Gasteiger charge is -2.44. The molecule has 0 saturated carbocycles. The van der Waals surface area contributed by atoms with E-state index in [9.17, 15) is 0 Å². The third-order valence-corrected chi connectivity index (χ3v) is 10.3. The molecule has 0 fully saturated rings. The fourth-order valence-electron chi connectivity index (χ4n) is 6.35. The Morgan fingerprint density at radius 3 is 1.66 bits per heavy atom. The monoisotopic (exact) mass is 521 g/mol. The number of rotatable bonds is 2. The molecule has 0 atom stereocenters. The number of nitrogens with zero attached hydrogens (tertiary/aromatic N) is 1. The van der Waals surface area contributed by atoms with Crippen LogP contribution in [-0.2, 0) is 10.8 Å². The Morgan fingerprint density at radius 1 is 0.571 bits per heavy atom. The molecular formula is C33H32BrN. The van der Waals surface area contributed by atoms with Gasteiger partial charge in [0.05, 0.1) is 16.7 Å². The zero-order valence-electron chi connectivity index (χ0n) is 21.4. The third-order valence-electron chi connectivity index (χ3n) is 9.59. The maximum atomic E-state index is 4.00. The van der Waals surface area contributed by atoms with Crippen LogP contribution in [0.15, 0.2) is 89.4 Å². The third kappa shape index (κ3) is 2.87. The number of hydrogen-bond donors (Lipinski definition) is 0. The average molecular weight is 523 g/mol. The van der Waals surface area contributed by atoms with E-state index >= 15 is 0 Å². The molecule has 2 heteroatoms. The van der Waals surface area contributed by atoms with Crippen molar-refractivity contribution in [2.45, 2.75) is 52.4 Å². The molecule has 0 aliphatic heterocycles. The van der Waals surface area contributed by atoms with Crippen molar-refractivity contribution in [1.29, 1.82) is 0 Å². The Bertz CT molecular complexity index is 1580. The first-order chi connectivity index (χ1) is 16.6. The van der Waals surface area contributed by atoms with Gasteiger partial charge in [-0.2, -0.15) is 0 Å². The van der Waals surface area contributed by atoms with Gasteiger partial charge in [-0.3, -0.25) is 0 Å². The van der Waals surface area contributed by atoms with Gasteiger partial charge in [-0.05, 0) is 63.3 Å². The molecule has 1 aliphatic carbocycles. The molecule has 1 aromatic heterocycles. The van der Waals surface area contributed by atoms with E-state index in [0.29, 0.717) is 0 Å². The van der Waals surface area contributed by atoms with Crippen LogP contribution in [0.2, 0.25) is 0 Å². The number of aromatic nitrogens is 1. The van der Waals surface area contributed by atoms with E-state index in [1.807, 2.05) is 0 Å². The first-order valence-electron chi connectivity index (χ1n) is 12.5. The van der Waals surface area contributed by atoms with Crippen molar-refractivity contribution >= 4 is 37.7 Å². The van der Waals surface area contributed by atoms with E-state index < -0.39 is 0 Å². The van der Waals surface area contributed by atoms with Crippen LogP contribution in [-0.4, -0.2) is 4.57 Å². The maximum absolute atomic E-state index is 4.00. The van der Waals surface area contributed by atoms with E-state index in [-0.39, 0.29) is 16.2 Å². The van der Waals surface area contributed by atoms with Crippen LogP contribution < -0.4 is 0 Å². The lowest BCUT2D eigenvalue weighted by Crippen LogP contribution is -2.42. The Hall–Kier alpha value is -2.84. The number of halogens is 1. The predicted octanol–water partition coefficient (Wildman–Crippen LogP) is 9.81. The summed E-state index contributed by atoms with van der Waals surface area (Å²) in [4.78, 5) is 0. The van der Waals surface area contributed by atoms with Gasteiger partial charge in [-0.1, -0.05) is 112 Å². The lowest BCUT2D eigenvalue weighted by molar-refractivity contribution is 0.125. The minimum atomic E-state index is 0.0586. The van der Waals surface area contributed by atoms with Crippen LogP contribution in [0, 0.1) is 5.41 Å². The second-order valence-corrected chi connectivity index (χ2v) is 12.5. The highest BCUT2D eigenvalue weighted by atomic mass is 79.9. The summed E-state index contributed by atoms with van der Waals surface area (Å²) in [7, 11) is 0. The van der Waals surface area contributed by atoms with Crippen LogP contribution in [0.5, 0.6) is 0 Å². The molecule has 0 N–H and O–H groups in total. The number of fused-ring (bicyclic) bond motifs is 4. The Morgan fingerprint density at radius 2 is 1.06 bits per heavy atom. The predicted molar refractivity (Wildman–Crippen MR) is 154 cm³/mol. The molecule has 0 unspecified atom stereocenters. The number of para-hydroxylation sites is 3. The summed E-state index contributed by atoms with van der Waals surface area (Å²) in [6, 6.07) is 31.2. The molecule has 0 spiro atoms. The molecule has 1 aliphatic rings. The largest absolute Gasteiger partial charge is 0.309 e. The van der Waals surface area contributed by atoms with Crippen LogP contribution in [0.25, 0.3) is 38.6 Å². The van der Waals surface area contributed by atoms with Gasteiger partial charge in [0.15, 0.2) is 0 Å². The fourth-order valence-corrected chi connectivity index (χ4v) is 6.90. The molecule has 0 bridgehead atoms. The van der Waals surface area contributed by atoms with Crippen LogP contribution in [0.1, 0.15) is 52.7 Å². The smallest absolute Gasteiger partial charge is 0.0541 e. The summed E-state index contributed by atoms with van der Waals surface area (Å²) in [6.45, 7) is 14.5. The molecule has 1 nitrogen and oxygen atoms in total. The normalized spacial score (nSPS) is 17.7. The Labute approximate surface area is 216 Å². The second kappa shape index (κ2) is 7.34. The highest BCUT2D eigenvalue weighted by molar-refractivity contribution is 9.10. The molecule has 35 heavy (non-hydrogen) atoms. The maximum Gasteiger partial charge on any atom is 0.0541 e. The van der Waals surface area contributed by atoms with Crippen molar-refractivity contribution in [2.75, 3.05) is 0 Å². The topological polar surface area (TPSA) is 4.93 Å². The van der Waals surface area contributed by atoms with Gasteiger partial charge in [0.1, 0.15) is 0 Å². The summed E-state index contributed by atoms with van der Waals surface area (Å²) in [5.41, 5.74) is 9.37. The Kier molecular flexibility index (Phi) is 4.74. The number of benzene rings is 4. The fraction of sp³-hybridized carbons (Fsp3) is 0.273. The van der Waals surface area contributed by atoms with Gasteiger partial charge in [0.25, 0.3) is 0 Å². The highest BCUT2D eigenvalue weighted by Crippen LogP contribution is 2.62. The van der Waals surface area contributed by atoms with Gasteiger partial charge in [-0.15, -0.1) is 0 Å². The Balaban J connectivity index is 1.67. The minimum absolute atomic E-state index is 0.0586. The van der Waals surface area contributed by atoms with Gasteiger partial charge >= 0.3 is 0 Å². The van der Waals surface area contributed by atoms with E-state index in [1.165, 1.54) is 49.7 Å². The van der Waals surface area contributed by atoms with Gasteiger partial charge in [0, 0.05) is 20.8 Å². The summed E-state index contributed by atoms with van der Waals surface area (Å²) in [5.74, 6) is 0. The molecular weight excluding hydrogens is 490 g/mol. The molecule has 176 valence electrons. The van der Waals surface area contributed by atoms with Crippen molar-refractivity contribution in [3.05, 3.63) is 101 Å². The van der Waals surface area contributed by atoms with Crippen LogP contribution >= 0.6 is 15.9 Å². The van der Waals surface area contributed by atoms with Gasteiger partial charge in [-0.25, -0.2) is 0 Å². The van der Waals surface area contributed by atoms with Crippen LogP contribution in [0.3, 0.4) is 0 Å². The first-order valence-corrected chi connectivity index (χ1v) is 13.3. The molecule has 0 amide bonds. The van der Waals surface area contributed by atoms with Crippen LogP contribution in [0.4, 0.5) is 0 Å². The van der Waals surface area contributed by atoms with E-state index in [2.05, 4.69) is 147 Å². The minimum Gasteiger partial charge on any atom is -0.309 e. The number of hydrogen-bond acceptors (Lipinski definition) is 0. The molecule has 1 heterocycles. The summed E-state index contributed by atoms with van der Waals surface area (Å²) in [5, 5.41) is 2.58. The average Bonchev–Trinajstić information content (AvgIpc) is 3.22. The molecule has 6 rings (SSSR count). The van der Waals surface area contributed by atoms with Crippen molar-refractivity contribution in [3.63, 3.8) is 0 Å². The second-order valence-electron chi connectivity index (χ2n) is 11.6. The zero-order valence-corrected chi connectivity index (χ0v) is 23.0. The van der Waals surface area contributed by atoms with Gasteiger partial charge < -0.3 is 4.57 Å². The summed E-state index contributed by atoms with van der Waals surface area (Å²) >= 11 is 4.00. The van der Waals surface area contributed by atoms with E-state index in [0.717, 1.165) is 4.47 Å².